The predicted molar refractivity (Wildman–Crippen MR) is 74.8 cm³/mol. The van der Waals surface area contributed by atoms with E-state index in [1.54, 1.807) is 6.20 Å². The van der Waals surface area contributed by atoms with Gasteiger partial charge in [-0.2, -0.15) is 0 Å². The van der Waals surface area contributed by atoms with E-state index in [4.69, 9.17) is 0 Å². The first-order valence-electron chi connectivity index (χ1n) is 5.75. The number of nitrogens with zero attached hydrogens (tertiary/aromatic N) is 1. The van der Waals surface area contributed by atoms with Gasteiger partial charge in [0.2, 0.25) is 0 Å². The monoisotopic (exact) mass is 297 g/mol. The normalized spacial score (nSPS) is 11.3. The number of hydrogen-bond acceptors (Lipinski definition) is 1. The molecule has 0 fully saturated rings. The Morgan fingerprint density at radius 1 is 1.06 bits per heavy atom. The zero-order valence-corrected chi connectivity index (χ0v) is 11.2. The molecule has 2 nitrogen and oxygen atoms in total. The first-order chi connectivity index (χ1) is 8.92. The summed E-state index contributed by atoms with van der Waals surface area (Å²) in [6.45, 7) is 0. The van der Waals surface area contributed by atoms with Crippen molar-refractivity contribution >= 4 is 33.8 Å². The van der Waals surface area contributed by atoms with Gasteiger partial charge < -0.3 is 0 Å². The standard InChI is InChI=1S/C15H9N2Se/c1-2-4-13-11(3-1)12-9-10(5-6-14(12)18-13)15-16-7-8-17-15/h1-8H,(H,16,17). The van der Waals surface area contributed by atoms with E-state index >= 15 is 0 Å². The fraction of sp³-hybridized carbons (Fsp3) is 0. The Labute approximate surface area is 110 Å². The Morgan fingerprint density at radius 2 is 2.00 bits per heavy atom. The molecule has 0 saturated carbocycles. The summed E-state index contributed by atoms with van der Waals surface area (Å²) in [5, 5.41) is 2.58. The summed E-state index contributed by atoms with van der Waals surface area (Å²) in [4.78, 5) is 7.42. The molecule has 2 aromatic heterocycles. The van der Waals surface area contributed by atoms with Gasteiger partial charge in [0.1, 0.15) is 0 Å². The maximum absolute atomic E-state index is 4.29. The van der Waals surface area contributed by atoms with Crippen LogP contribution in [0.4, 0.5) is 0 Å². The van der Waals surface area contributed by atoms with Crippen LogP contribution in [-0.4, -0.2) is 24.5 Å². The molecule has 0 spiro atoms. The van der Waals surface area contributed by atoms with Gasteiger partial charge in [0, 0.05) is 0 Å². The van der Waals surface area contributed by atoms with E-state index in [1.165, 1.54) is 19.3 Å². The first-order valence-corrected chi connectivity index (χ1v) is 7.46. The second-order valence-electron chi connectivity index (χ2n) is 4.15. The van der Waals surface area contributed by atoms with Crippen LogP contribution >= 0.6 is 0 Å². The van der Waals surface area contributed by atoms with Crippen molar-refractivity contribution in [3.8, 4) is 11.4 Å². The number of fused-ring (bicyclic) bond motifs is 3. The van der Waals surface area contributed by atoms with Crippen LogP contribution in [0.25, 0.3) is 30.7 Å². The predicted octanol–water partition coefficient (Wildman–Crippen LogP) is 3.24. The number of nitrogens with one attached hydrogen (secondary N) is 1. The number of aromatic nitrogens is 2. The Morgan fingerprint density at radius 3 is 2.89 bits per heavy atom. The third kappa shape index (κ3) is 1.45. The van der Waals surface area contributed by atoms with Crippen molar-refractivity contribution in [1.29, 1.82) is 0 Å². The van der Waals surface area contributed by atoms with Crippen molar-refractivity contribution in [2.75, 3.05) is 0 Å². The first kappa shape index (κ1) is 10.1. The summed E-state index contributed by atoms with van der Waals surface area (Å²) in [5.74, 6) is 0.884. The van der Waals surface area contributed by atoms with Crippen LogP contribution in [0.2, 0.25) is 0 Å². The zero-order valence-electron chi connectivity index (χ0n) is 9.47. The number of benzene rings is 2. The molecule has 0 atom stereocenters. The molecular weight excluding hydrogens is 287 g/mol. The Kier molecular flexibility index (Phi) is 2.16. The summed E-state index contributed by atoms with van der Waals surface area (Å²) in [5.41, 5.74) is 1.03. The zero-order chi connectivity index (χ0) is 11.9. The molecule has 0 aliphatic rings. The Hall–Kier alpha value is -1.83. The molecule has 85 valence electrons. The molecule has 3 heteroatoms. The van der Waals surface area contributed by atoms with Crippen LogP contribution in [-0.2, 0) is 0 Å². The molecule has 4 rings (SSSR count). The van der Waals surface area contributed by atoms with Gasteiger partial charge in [-0.3, -0.25) is 0 Å². The molecule has 2 heterocycles. The van der Waals surface area contributed by atoms with Crippen LogP contribution in [0.3, 0.4) is 0 Å². The second-order valence-corrected chi connectivity index (χ2v) is 6.42. The molecule has 0 unspecified atom stereocenters. The summed E-state index contributed by atoms with van der Waals surface area (Å²) in [6, 6.07) is 16.4. The fourth-order valence-electron chi connectivity index (χ4n) is 2.20. The molecule has 2 aromatic carbocycles. The summed E-state index contributed by atoms with van der Waals surface area (Å²) in [7, 11) is 0. The van der Waals surface area contributed by atoms with Crippen molar-refractivity contribution < 1.29 is 0 Å². The second kappa shape index (κ2) is 3.84. The van der Waals surface area contributed by atoms with E-state index in [0.717, 1.165) is 11.4 Å². The van der Waals surface area contributed by atoms with Crippen LogP contribution < -0.4 is 0 Å². The Balaban J connectivity index is 2.07. The average molecular weight is 296 g/mol. The minimum absolute atomic E-state index is 0.421. The number of H-pyrrole nitrogens is 1. The van der Waals surface area contributed by atoms with Crippen molar-refractivity contribution in [3.05, 3.63) is 54.9 Å². The number of imidazole rings is 1. The molecule has 0 bridgehead atoms. The molecular formula is C15H9N2Se. The molecule has 1 N–H and O–H groups in total. The van der Waals surface area contributed by atoms with E-state index in [2.05, 4.69) is 52.4 Å². The van der Waals surface area contributed by atoms with Gasteiger partial charge in [0.15, 0.2) is 0 Å². The van der Waals surface area contributed by atoms with Crippen molar-refractivity contribution in [2.45, 2.75) is 0 Å². The Bertz CT molecular complexity index is 828. The topological polar surface area (TPSA) is 28.7 Å². The summed E-state index contributed by atoms with van der Waals surface area (Å²) in [6.07, 6.45) is 3.61. The number of hydrogen-bond donors (Lipinski definition) is 1. The third-order valence-electron chi connectivity index (χ3n) is 3.04. The molecule has 18 heavy (non-hydrogen) atoms. The minimum atomic E-state index is 0.421. The van der Waals surface area contributed by atoms with Gasteiger partial charge in [0.25, 0.3) is 0 Å². The summed E-state index contributed by atoms with van der Waals surface area (Å²) >= 11 is 0.421. The number of rotatable bonds is 1. The third-order valence-corrected chi connectivity index (χ3v) is 5.42. The molecule has 0 aliphatic carbocycles. The fourth-order valence-corrected chi connectivity index (χ4v) is 4.43. The molecule has 4 aromatic rings. The van der Waals surface area contributed by atoms with E-state index in [-0.39, 0.29) is 0 Å². The number of aromatic amines is 1. The van der Waals surface area contributed by atoms with Gasteiger partial charge in [-0.1, -0.05) is 0 Å². The van der Waals surface area contributed by atoms with Crippen LogP contribution in [0.15, 0.2) is 48.8 Å². The van der Waals surface area contributed by atoms with Crippen LogP contribution in [0.5, 0.6) is 0 Å². The van der Waals surface area contributed by atoms with Gasteiger partial charge in [-0.25, -0.2) is 0 Å². The maximum atomic E-state index is 4.29. The van der Waals surface area contributed by atoms with E-state index in [1.807, 2.05) is 6.20 Å². The molecule has 0 saturated heterocycles. The van der Waals surface area contributed by atoms with E-state index in [9.17, 15) is 0 Å². The average Bonchev–Trinajstić information content (AvgIpc) is 3.05. The van der Waals surface area contributed by atoms with Crippen molar-refractivity contribution in [1.82, 2.24) is 9.97 Å². The van der Waals surface area contributed by atoms with Crippen LogP contribution in [0, 0.1) is 6.07 Å². The summed E-state index contributed by atoms with van der Waals surface area (Å²) < 4.78 is 2.87. The van der Waals surface area contributed by atoms with Gasteiger partial charge in [-0.05, 0) is 0 Å². The van der Waals surface area contributed by atoms with Gasteiger partial charge in [0.05, 0.1) is 0 Å². The van der Waals surface area contributed by atoms with Crippen LogP contribution in [0.1, 0.15) is 0 Å². The van der Waals surface area contributed by atoms with Crippen molar-refractivity contribution in [2.24, 2.45) is 0 Å². The van der Waals surface area contributed by atoms with E-state index in [0.29, 0.717) is 14.5 Å². The quantitative estimate of drug-likeness (QED) is 0.537. The molecule has 0 amide bonds. The SMILES string of the molecule is [c]1c(-c2ncc[nH]2)ccc2[se]c3ccccc3c12. The molecule has 1 radical (unpaired) electrons. The van der Waals surface area contributed by atoms with Gasteiger partial charge >= 0.3 is 110 Å². The van der Waals surface area contributed by atoms with E-state index < -0.39 is 0 Å². The molecule has 0 aliphatic heterocycles. The van der Waals surface area contributed by atoms with Crippen molar-refractivity contribution in [3.63, 3.8) is 0 Å². The van der Waals surface area contributed by atoms with Gasteiger partial charge in [-0.15, -0.1) is 0 Å².